The predicted octanol–water partition coefficient (Wildman–Crippen LogP) is 2.91. The summed E-state index contributed by atoms with van der Waals surface area (Å²) in [6, 6.07) is 8.53. The molecule has 0 saturated heterocycles. The normalized spacial score (nSPS) is 9.87. The molecule has 0 aromatic heterocycles. The fourth-order valence-corrected chi connectivity index (χ4v) is 1.94. The summed E-state index contributed by atoms with van der Waals surface area (Å²) in [6.07, 6.45) is 6.40. The molecule has 0 saturated carbocycles. The second-order valence-electron chi connectivity index (χ2n) is 3.32. The van der Waals surface area contributed by atoms with Gasteiger partial charge in [-0.15, -0.1) is 18.2 Å². The number of rotatable bonds is 6. The van der Waals surface area contributed by atoms with Crippen LogP contribution in [0.4, 0.5) is 0 Å². The van der Waals surface area contributed by atoms with Gasteiger partial charge in [-0.3, -0.25) is 0 Å². The van der Waals surface area contributed by atoms with Gasteiger partial charge in [-0.1, -0.05) is 25.0 Å². The molecule has 0 aliphatic rings. The number of hydrogen-bond acceptors (Lipinski definition) is 2. The van der Waals surface area contributed by atoms with Crippen LogP contribution in [0.25, 0.3) is 0 Å². The molecule has 2 heteroatoms. The van der Waals surface area contributed by atoms with Crippen LogP contribution in [0.2, 0.25) is 0 Å². The summed E-state index contributed by atoms with van der Waals surface area (Å²) in [5.74, 6) is 3.38. The molecule has 0 atom stereocenters. The third kappa shape index (κ3) is 4.92. The second-order valence-corrected chi connectivity index (χ2v) is 4.37. The lowest BCUT2D eigenvalue weighted by atomic mass is 10.2. The van der Waals surface area contributed by atoms with Gasteiger partial charge in [-0.2, -0.15) is 0 Å². The Bertz CT molecular complexity index is 328. The van der Waals surface area contributed by atoms with Crippen LogP contribution in [0, 0.1) is 12.3 Å². The van der Waals surface area contributed by atoms with E-state index < -0.39 is 0 Å². The Kier molecular flexibility index (Phi) is 5.99. The van der Waals surface area contributed by atoms with Gasteiger partial charge in [0.15, 0.2) is 0 Å². The van der Waals surface area contributed by atoms with Crippen LogP contribution in [-0.2, 0) is 6.54 Å². The Morgan fingerprint density at radius 1 is 1.47 bits per heavy atom. The lowest BCUT2D eigenvalue weighted by molar-refractivity contribution is 0.674. The fourth-order valence-electron chi connectivity index (χ4n) is 1.28. The molecule has 0 fully saturated rings. The van der Waals surface area contributed by atoms with E-state index in [4.69, 9.17) is 6.42 Å². The monoisotopic (exact) mass is 219 g/mol. The first-order valence-corrected chi connectivity index (χ1v) is 6.21. The average Bonchev–Trinajstić information content (AvgIpc) is 2.27. The van der Waals surface area contributed by atoms with Gasteiger partial charge < -0.3 is 5.32 Å². The summed E-state index contributed by atoms with van der Waals surface area (Å²) < 4.78 is 0. The number of hydrogen-bond donors (Lipinski definition) is 1. The molecule has 0 aliphatic carbocycles. The van der Waals surface area contributed by atoms with Gasteiger partial charge in [-0.25, -0.2) is 0 Å². The van der Waals surface area contributed by atoms with Crippen LogP contribution >= 0.6 is 11.8 Å². The van der Waals surface area contributed by atoms with Crippen molar-refractivity contribution in [1.29, 1.82) is 0 Å². The molecule has 1 aromatic rings. The predicted molar refractivity (Wildman–Crippen MR) is 68.0 cm³/mol. The molecule has 0 radical (unpaired) electrons. The van der Waals surface area contributed by atoms with E-state index in [1.807, 2.05) is 0 Å². The lowest BCUT2D eigenvalue weighted by Gasteiger charge is -2.05. The number of benzene rings is 1. The van der Waals surface area contributed by atoms with E-state index in [1.54, 1.807) is 11.8 Å². The van der Waals surface area contributed by atoms with Gasteiger partial charge in [0.25, 0.3) is 0 Å². The molecule has 0 spiro atoms. The minimum Gasteiger partial charge on any atom is -0.313 e. The zero-order chi connectivity index (χ0) is 10.9. The van der Waals surface area contributed by atoms with Crippen molar-refractivity contribution in [2.75, 3.05) is 12.3 Å². The van der Waals surface area contributed by atoms with Crippen molar-refractivity contribution in [3.63, 3.8) is 0 Å². The minimum atomic E-state index is 0.742. The summed E-state index contributed by atoms with van der Waals surface area (Å²) in [4.78, 5) is 1.25. The Labute approximate surface area is 96.7 Å². The second kappa shape index (κ2) is 7.39. The van der Waals surface area contributed by atoms with Crippen LogP contribution in [0.1, 0.15) is 18.9 Å². The van der Waals surface area contributed by atoms with Gasteiger partial charge in [0.1, 0.15) is 0 Å². The van der Waals surface area contributed by atoms with E-state index >= 15 is 0 Å². The van der Waals surface area contributed by atoms with E-state index in [0.29, 0.717) is 0 Å². The Balaban J connectivity index is 2.47. The molecular formula is C13H17NS. The summed E-state index contributed by atoms with van der Waals surface area (Å²) in [5.41, 5.74) is 1.32. The Hall–Kier alpha value is -0.910. The average molecular weight is 219 g/mol. The van der Waals surface area contributed by atoms with Crippen LogP contribution in [0.3, 0.4) is 0 Å². The highest BCUT2D eigenvalue weighted by atomic mass is 32.2. The van der Waals surface area contributed by atoms with Crippen LogP contribution in [-0.4, -0.2) is 12.3 Å². The molecule has 0 bridgehead atoms. The molecule has 1 rings (SSSR count). The topological polar surface area (TPSA) is 12.0 Å². The third-order valence-electron chi connectivity index (χ3n) is 1.98. The third-order valence-corrected chi connectivity index (χ3v) is 2.87. The quantitative estimate of drug-likeness (QED) is 0.448. The Morgan fingerprint density at radius 2 is 2.33 bits per heavy atom. The van der Waals surface area contributed by atoms with Gasteiger partial charge in [0.05, 0.1) is 5.75 Å². The molecule has 0 heterocycles. The zero-order valence-corrected chi connectivity index (χ0v) is 9.94. The first-order chi connectivity index (χ1) is 7.36. The van der Waals surface area contributed by atoms with Crippen molar-refractivity contribution in [2.45, 2.75) is 24.8 Å². The van der Waals surface area contributed by atoms with Crippen molar-refractivity contribution in [1.82, 2.24) is 5.32 Å². The molecular weight excluding hydrogens is 202 g/mol. The SMILES string of the molecule is C#CCSc1cccc(CNCCC)c1. The highest BCUT2D eigenvalue weighted by molar-refractivity contribution is 7.99. The smallest absolute Gasteiger partial charge is 0.0592 e. The maximum absolute atomic E-state index is 5.23. The number of nitrogens with one attached hydrogen (secondary N) is 1. The lowest BCUT2D eigenvalue weighted by Crippen LogP contribution is -2.13. The van der Waals surface area contributed by atoms with Gasteiger partial charge in [-0.05, 0) is 30.7 Å². The maximum Gasteiger partial charge on any atom is 0.0592 e. The minimum absolute atomic E-state index is 0.742. The van der Waals surface area contributed by atoms with Crippen molar-refractivity contribution >= 4 is 11.8 Å². The van der Waals surface area contributed by atoms with Crippen molar-refractivity contribution in [3.8, 4) is 12.3 Å². The number of terminal acetylenes is 1. The molecule has 0 unspecified atom stereocenters. The zero-order valence-electron chi connectivity index (χ0n) is 9.12. The summed E-state index contributed by atoms with van der Waals surface area (Å²) in [7, 11) is 0. The highest BCUT2D eigenvalue weighted by Gasteiger charge is 1.95. The van der Waals surface area contributed by atoms with Crippen molar-refractivity contribution in [3.05, 3.63) is 29.8 Å². The summed E-state index contributed by atoms with van der Waals surface area (Å²) >= 11 is 1.71. The van der Waals surface area contributed by atoms with Crippen molar-refractivity contribution < 1.29 is 0 Å². The molecule has 1 aromatic carbocycles. The standard InChI is InChI=1S/C13H17NS/c1-3-8-14-11-12-6-5-7-13(10-12)15-9-4-2/h2,5-7,10,14H,3,8-9,11H2,1H3. The largest absolute Gasteiger partial charge is 0.313 e. The molecule has 1 N–H and O–H groups in total. The molecule has 15 heavy (non-hydrogen) atoms. The van der Waals surface area contributed by atoms with Crippen molar-refractivity contribution in [2.24, 2.45) is 0 Å². The van der Waals surface area contributed by atoms with Gasteiger partial charge >= 0.3 is 0 Å². The molecule has 0 amide bonds. The van der Waals surface area contributed by atoms with Crippen LogP contribution in [0.15, 0.2) is 29.2 Å². The van der Waals surface area contributed by atoms with E-state index in [0.717, 1.165) is 18.8 Å². The highest BCUT2D eigenvalue weighted by Crippen LogP contribution is 2.18. The molecule has 0 aliphatic heterocycles. The fraction of sp³-hybridized carbons (Fsp3) is 0.385. The maximum atomic E-state index is 5.23. The van der Waals surface area contributed by atoms with Crippen LogP contribution in [0.5, 0.6) is 0 Å². The first kappa shape index (κ1) is 12.2. The van der Waals surface area contributed by atoms with Gasteiger partial charge in [0.2, 0.25) is 0 Å². The summed E-state index contributed by atoms with van der Waals surface area (Å²) in [5, 5.41) is 3.39. The van der Waals surface area contributed by atoms with E-state index in [-0.39, 0.29) is 0 Å². The molecule has 80 valence electrons. The summed E-state index contributed by atoms with van der Waals surface area (Å²) in [6.45, 7) is 4.19. The van der Waals surface area contributed by atoms with Gasteiger partial charge in [0, 0.05) is 11.4 Å². The first-order valence-electron chi connectivity index (χ1n) is 5.22. The van der Waals surface area contributed by atoms with E-state index in [9.17, 15) is 0 Å². The Morgan fingerprint density at radius 3 is 3.07 bits per heavy atom. The number of thioether (sulfide) groups is 1. The van der Waals surface area contributed by atoms with E-state index in [2.05, 4.69) is 42.4 Å². The van der Waals surface area contributed by atoms with Crippen LogP contribution < -0.4 is 5.32 Å². The van der Waals surface area contributed by atoms with E-state index in [1.165, 1.54) is 16.9 Å². The molecule has 1 nitrogen and oxygen atoms in total.